The number of phenolic OH excluding ortho intramolecular Hbond substituents is 1. The SMILES string of the molecule is COc1cc(O)c(C)cc1SC#N. The second-order valence-corrected chi connectivity index (χ2v) is 3.31. The number of hydrogen-bond acceptors (Lipinski definition) is 4. The van der Waals surface area contributed by atoms with Crippen LogP contribution in [0.2, 0.25) is 0 Å². The Balaban J connectivity index is 3.18. The third-order valence-corrected chi connectivity index (χ3v) is 2.27. The number of aromatic hydroxyl groups is 1. The van der Waals surface area contributed by atoms with Gasteiger partial charge in [-0.1, -0.05) is 0 Å². The fraction of sp³-hybridized carbons (Fsp3) is 0.222. The van der Waals surface area contributed by atoms with E-state index in [2.05, 4.69) is 0 Å². The van der Waals surface area contributed by atoms with Crippen molar-refractivity contribution >= 4 is 11.8 Å². The van der Waals surface area contributed by atoms with Crippen LogP contribution < -0.4 is 4.74 Å². The second-order valence-electron chi connectivity index (χ2n) is 2.48. The fourth-order valence-electron chi connectivity index (χ4n) is 0.939. The Bertz CT molecular complexity index is 357. The number of hydrogen-bond donors (Lipinski definition) is 1. The van der Waals surface area contributed by atoms with E-state index in [4.69, 9.17) is 10.00 Å². The molecule has 0 aromatic heterocycles. The van der Waals surface area contributed by atoms with Gasteiger partial charge in [0.1, 0.15) is 16.9 Å². The molecule has 0 fully saturated rings. The molecule has 0 unspecified atom stereocenters. The van der Waals surface area contributed by atoms with E-state index in [1.807, 2.05) is 5.40 Å². The smallest absolute Gasteiger partial charge is 0.138 e. The van der Waals surface area contributed by atoms with Crippen molar-refractivity contribution in [3.63, 3.8) is 0 Å². The molecular weight excluding hydrogens is 186 g/mol. The van der Waals surface area contributed by atoms with Crippen molar-refractivity contribution in [1.82, 2.24) is 0 Å². The molecule has 13 heavy (non-hydrogen) atoms. The van der Waals surface area contributed by atoms with Gasteiger partial charge in [-0.05, 0) is 30.3 Å². The molecule has 68 valence electrons. The Labute approximate surface area is 80.9 Å². The van der Waals surface area contributed by atoms with Crippen molar-refractivity contribution < 1.29 is 9.84 Å². The first-order chi connectivity index (χ1) is 6.19. The molecule has 1 rings (SSSR count). The van der Waals surface area contributed by atoms with Gasteiger partial charge in [0.15, 0.2) is 0 Å². The van der Waals surface area contributed by atoms with Crippen molar-refractivity contribution in [2.75, 3.05) is 7.11 Å². The Morgan fingerprint density at radius 2 is 2.23 bits per heavy atom. The van der Waals surface area contributed by atoms with Crippen LogP contribution in [0.5, 0.6) is 11.5 Å². The molecule has 1 aromatic rings. The molecule has 0 saturated carbocycles. The Kier molecular flexibility index (Phi) is 3.04. The zero-order valence-electron chi connectivity index (χ0n) is 7.37. The van der Waals surface area contributed by atoms with Crippen LogP contribution in [-0.2, 0) is 0 Å². The van der Waals surface area contributed by atoms with Crippen molar-refractivity contribution in [2.24, 2.45) is 0 Å². The van der Waals surface area contributed by atoms with E-state index in [-0.39, 0.29) is 5.75 Å². The summed E-state index contributed by atoms with van der Waals surface area (Å²) in [6, 6.07) is 3.23. The summed E-state index contributed by atoms with van der Waals surface area (Å²) in [7, 11) is 1.51. The van der Waals surface area contributed by atoms with E-state index < -0.39 is 0 Å². The topological polar surface area (TPSA) is 53.2 Å². The highest BCUT2D eigenvalue weighted by atomic mass is 32.2. The van der Waals surface area contributed by atoms with Crippen LogP contribution in [0, 0.1) is 17.6 Å². The fourth-order valence-corrected chi connectivity index (χ4v) is 1.52. The minimum Gasteiger partial charge on any atom is -0.508 e. The maximum Gasteiger partial charge on any atom is 0.138 e. The van der Waals surface area contributed by atoms with Gasteiger partial charge in [-0.15, -0.1) is 0 Å². The highest BCUT2D eigenvalue weighted by Crippen LogP contribution is 2.34. The summed E-state index contributed by atoms with van der Waals surface area (Å²) in [4.78, 5) is 0.723. The summed E-state index contributed by atoms with van der Waals surface area (Å²) in [6.45, 7) is 1.77. The Morgan fingerprint density at radius 3 is 2.77 bits per heavy atom. The third-order valence-electron chi connectivity index (χ3n) is 1.64. The van der Waals surface area contributed by atoms with E-state index in [0.29, 0.717) is 5.75 Å². The number of thiocyanates is 1. The maximum absolute atomic E-state index is 9.35. The lowest BCUT2D eigenvalue weighted by Gasteiger charge is -2.07. The summed E-state index contributed by atoms with van der Waals surface area (Å²) >= 11 is 1.02. The quantitative estimate of drug-likeness (QED) is 0.581. The van der Waals surface area contributed by atoms with Crippen molar-refractivity contribution in [2.45, 2.75) is 11.8 Å². The average Bonchev–Trinajstić information content (AvgIpc) is 2.11. The highest BCUT2D eigenvalue weighted by molar-refractivity contribution is 8.03. The molecule has 1 N–H and O–H groups in total. The van der Waals surface area contributed by atoms with Crippen LogP contribution >= 0.6 is 11.8 Å². The van der Waals surface area contributed by atoms with E-state index in [1.165, 1.54) is 13.2 Å². The number of nitriles is 1. The predicted octanol–water partition coefficient (Wildman–Crippen LogP) is 2.28. The molecule has 0 heterocycles. The summed E-state index contributed by atoms with van der Waals surface area (Å²) < 4.78 is 5.00. The molecule has 0 spiro atoms. The summed E-state index contributed by atoms with van der Waals surface area (Å²) in [5.41, 5.74) is 0.735. The number of ether oxygens (including phenoxy) is 1. The standard InChI is InChI=1S/C9H9NO2S/c1-6-3-9(13-5-10)8(12-2)4-7(6)11/h3-4,11H,1-2H3. The lowest BCUT2D eigenvalue weighted by molar-refractivity contribution is 0.397. The summed E-state index contributed by atoms with van der Waals surface area (Å²) in [6.07, 6.45) is 0. The largest absolute Gasteiger partial charge is 0.508 e. The van der Waals surface area contributed by atoms with Crippen LogP contribution in [0.25, 0.3) is 0 Å². The van der Waals surface area contributed by atoms with Gasteiger partial charge < -0.3 is 9.84 Å². The zero-order valence-corrected chi connectivity index (χ0v) is 8.18. The lowest BCUT2D eigenvalue weighted by Crippen LogP contribution is -1.87. The molecule has 0 radical (unpaired) electrons. The van der Waals surface area contributed by atoms with Gasteiger partial charge in [-0.25, -0.2) is 0 Å². The normalized spacial score (nSPS) is 9.31. The Morgan fingerprint density at radius 1 is 1.54 bits per heavy atom. The van der Waals surface area contributed by atoms with Crippen LogP contribution in [0.4, 0.5) is 0 Å². The van der Waals surface area contributed by atoms with Gasteiger partial charge in [-0.3, -0.25) is 0 Å². The van der Waals surface area contributed by atoms with E-state index >= 15 is 0 Å². The van der Waals surface area contributed by atoms with Gasteiger partial charge in [0.25, 0.3) is 0 Å². The monoisotopic (exact) mass is 195 g/mol. The second kappa shape index (κ2) is 4.06. The third kappa shape index (κ3) is 2.07. The first kappa shape index (κ1) is 9.75. The number of benzene rings is 1. The molecule has 0 aliphatic rings. The molecule has 0 aliphatic carbocycles. The number of aryl methyl sites for hydroxylation is 1. The summed E-state index contributed by atoms with van der Waals surface area (Å²) in [5.74, 6) is 0.703. The van der Waals surface area contributed by atoms with Crippen LogP contribution in [0.1, 0.15) is 5.56 Å². The first-order valence-corrected chi connectivity index (χ1v) is 4.44. The molecule has 4 heteroatoms. The predicted molar refractivity (Wildman–Crippen MR) is 50.9 cm³/mol. The number of phenols is 1. The van der Waals surface area contributed by atoms with Crippen LogP contribution in [0.3, 0.4) is 0 Å². The number of nitrogens with zero attached hydrogens (tertiary/aromatic N) is 1. The average molecular weight is 195 g/mol. The van der Waals surface area contributed by atoms with Crippen molar-refractivity contribution in [3.8, 4) is 16.9 Å². The van der Waals surface area contributed by atoms with Gasteiger partial charge in [0.05, 0.1) is 12.0 Å². The highest BCUT2D eigenvalue weighted by Gasteiger charge is 2.07. The number of methoxy groups -OCH3 is 1. The number of rotatable bonds is 2. The van der Waals surface area contributed by atoms with Crippen molar-refractivity contribution in [3.05, 3.63) is 17.7 Å². The molecule has 0 aliphatic heterocycles. The van der Waals surface area contributed by atoms with Gasteiger partial charge >= 0.3 is 0 Å². The van der Waals surface area contributed by atoms with Crippen LogP contribution in [-0.4, -0.2) is 12.2 Å². The molecule has 3 nitrogen and oxygen atoms in total. The van der Waals surface area contributed by atoms with Crippen molar-refractivity contribution in [1.29, 1.82) is 5.26 Å². The first-order valence-electron chi connectivity index (χ1n) is 3.62. The maximum atomic E-state index is 9.35. The lowest BCUT2D eigenvalue weighted by atomic mass is 10.2. The molecule has 1 aromatic carbocycles. The molecule has 0 amide bonds. The van der Waals surface area contributed by atoms with E-state index in [9.17, 15) is 5.11 Å². The molecule has 0 bridgehead atoms. The van der Waals surface area contributed by atoms with E-state index in [1.54, 1.807) is 13.0 Å². The number of thioether (sulfide) groups is 1. The summed E-state index contributed by atoms with van der Waals surface area (Å²) in [5, 5.41) is 19.8. The van der Waals surface area contributed by atoms with Gasteiger partial charge in [0, 0.05) is 6.07 Å². The molecular formula is C9H9NO2S. The zero-order chi connectivity index (χ0) is 9.84. The Hall–Kier alpha value is -1.34. The van der Waals surface area contributed by atoms with Gasteiger partial charge in [0.2, 0.25) is 0 Å². The molecule has 0 saturated heterocycles. The minimum atomic E-state index is 0.180. The van der Waals surface area contributed by atoms with E-state index in [0.717, 1.165) is 22.2 Å². The van der Waals surface area contributed by atoms with Gasteiger partial charge in [-0.2, -0.15) is 5.26 Å². The molecule has 0 atom stereocenters. The minimum absolute atomic E-state index is 0.180. The van der Waals surface area contributed by atoms with Crippen LogP contribution in [0.15, 0.2) is 17.0 Å².